The fraction of sp³-hybridized carbons (Fsp3) is 0.350. The van der Waals surface area contributed by atoms with Gasteiger partial charge in [-0.05, 0) is 44.2 Å². The lowest BCUT2D eigenvalue weighted by atomic mass is 10.1. The molecule has 0 aliphatic carbocycles. The van der Waals surface area contributed by atoms with Crippen molar-refractivity contribution in [2.45, 2.75) is 19.9 Å². The molecule has 0 fully saturated rings. The van der Waals surface area contributed by atoms with Gasteiger partial charge in [-0.15, -0.1) is 0 Å². The Morgan fingerprint density at radius 3 is 2.22 bits per heavy atom. The van der Waals surface area contributed by atoms with E-state index >= 15 is 0 Å². The number of nitrogens with one attached hydrogen (secondary N) is 1. The summed E-state index contributed by atoms with van der Waals surface area (Å²) in [5.74, 6) is 0.136. The molecule has 2 aromatic rings. The van der Waals surface area contributed by atoms with Gasteiger partial charge in [-0.1, -0.05) is 0 Å². The van der Waals surface area contributed by atoms with Gasteiger partial charge >= 0.3 is 0 Å². The predicted octanol–water partition coefficient (Wildman–Crippen LogP) is 3.95. The number of ether oxygens (including phenoxy) is 3. The molecule has 2 rings (SSSR count). The van der Waals surface area contributed by atoms with Crippen molar-refractivity contribution in [1.82, 2.24) is 0 Å². The average Bonchev–Trinajstić information content (AvgIpc) is 2.65. The third kappa shape index (κ3) is 4.24. The molecule has 0 saturated carbocycles. The molecule has 146 valence electrons. The van der Waals surface area contributed by atoms with Crippen molar-refractivity contribution in [2.24, 2.45) is 0 Å². The summed E-state index contributed by atoms with van der Waals surface area (Å²) in [6.45, 7) is 3.94. The van der Waals surface area contributed by atoms with Crippen LogP contribution in [0.1, 0.15) is 24.2 Å². The van der Waals surface area contributed by atoms with Gasteiger partial charge in [-0.25, -0.2) is 4.39 Å². The number of amides is 1. The maximum atomic E-state index is 14.4. The zero-order valence-electron chi connectivity index (χ0n) is 16.4. The second kappa shape index (κ2) is 8.62. The molecule has 0 heterocycles. The van der Waals surface area contributed by atoms with Gasteiger partial charge in [-0.2, -0.15) is 0 Å². The van der Waals surface area contributed by atoms with Crippen LogP contribution in [-0.2, 0) is 0 Å². The van der Waals surface area contributed by atoms with E-state index < -0.39 is 11.7 Å². The monoisotopic (exact) mass is 376 g/mol. The lowest BCUT2D eigenvalue weighted by molar-refractivity contribution is 0.102. The number of hydrogen-bond donors (Lipinski definition) is 1. The second-order valence-corrected chi connectivity index (χ2v) is 6.21. The summed E-state index contributed by atoms with van der Waals surface area (Å²) in [6.07, 6.45) is 0. The van der Waals surface area contributed by atoms with Gasteiger partial charge < -0.3 is 24.4 Å². The Kier molecular flexibility index (Phi) is 6.50. The smallest absolute Gasteiger partial charge is 0.259 e. The van der Waals surface area contributed by atoms with Crippen LogP contribution in [0.2, 0.25) is 0 Å². The Bertz CT molecular complexity index is 824. The highest BCUT2D eigenvalue weighted by atomic mass is 19.1. The lowest BCUT2D eigenvalue weighted by Gasteiger charge is -2.24. The molecule has 0 unspecified atom stereocenters. The molecule has 0 bridgehead atoms. The first-order valence-corrected chi connectivity index (χ1v) is 8.46. The zero-order chi connectivity index (χ0) is 20.1. The minimum atomic E-state index is -0.447. The number of carbonyl (C=O) groups is 1. The Balaban J connectivity index is 2.31. The van der Waals surface area contributed by atoms with Crippen LogP contribution >= 0.6 is 0 Å². The molecule has 1 N–H and O–H groups in total. The number of hydrogen-bond acceptors (Lipinski definition) is 5. The number of halogens is 1. The van der Waals surface area contributed by atoms with Crippen molar-refractivity contribution < 1.29 is 23.4 Å². The normalized spacial score (nSPS) is 10.5. The summed E-state index contributed by atoms with van der Waals surface area (Å²) in [7, 11) is 6.21. The maximum Gasteiger partial charge on any atom is 0.259 e. The third-order valence-electron chi connectivity index (χ3n) is 4.31. The highest BCUT2D eigenvalue weighted by molar-refractivity contribution is 6.07. The topological polar surface area (TPSA) is 60.0 Å². The van der Waals surface area contributed by atoms with Crippen molar-refractivity contribution in [3.05, 3.63) is 41.7 Å². The van der Waals surface area contributed by atoms with Crippen molar-refractivity contribution >= 4 is 17.3 Å². The predicted molar refractivity (Wildman–Crippen MR) is 104 cm³/mol. The lowest BCUT2D eigenvalue weighted by Crippen LogP contribution is -2.26. The highest BCUT2D eigenvalue weighted by Crippen LogP contribution is 2.40. The molecule has 27 heavy (non-hydrogen) atoms. The maximum absolute atomic E-state index is 14.4. The standard InChI is InChI=1S/C20H25FN2O4/c1-12(2)23(3)16-9-7-13(11-15(16)21)22-20(24)14-8-10-17(25-4)19(27-6)18(14)26-5/h7-12H,1-6H3,(H,22,24). The van der Waals surface area contributed by atoms with Gasteiger partial charge in [0.1, 0.15) is 5.82 Å². The molecule has 0 aliphatic rings. The number of rotatable bonds is 7. The van der Waals surface area contributed by atoms with Gasteiger partial charge in [0.25, 0.3) is 5.91 Å². The van der Waals surface area contributed by atoms with E-state index in [0.29, 0.717) is 22.9 Å². The average molecular weight is 376 g/mol. The van der Waals surface area contributed by atoms with Crippen molar-refractivity contribution in [3.63, 3.8) is 0 Å². The Hall–Kier alpha value is -2.96. The van der Waals surface area contributed by atoms with Crippen LogP contribution in [0.25, 0.3) is 0 Å². The van der Waals surface area contributed by atoms with Crippen molar-refractivity contribution in [1.29, 1.82) is 0 Å². The molecule has 7 heteroatoms. The number of methoxy groups -OCH3 is 3. The van der Waals surface area contributed by atoms with Crippen LogP contribution in [-0.4, -0.2) is 40.3 Å². The largest absolute Gasteiger partial charge is 0.493 e. The van der Waals surface area contributed by atoms with Gasteiger partial charge in [0.15, 0.2) is 11.5 Å². The summed E-state index contributed by atoms with van der Waals surface area (Å²) >= 11 is 0. The first-order chi connectivity index (χ1) is 12.8. The van der Waals surface area contributed by atoms with Gasteiger partial charge in [-0.3, -0.25) is 4.79 Å². The molecule has 0 aromatic heterocycles. The molecule has 6 nitrogen and oxygen atoms in total. The summed E-state index contributed by atoms with van der Waals surface area (Å²) in [5.41, 5.74) is 1.06. The van der Waals surface area contributed by atoms with Crippen LogP contribution in [0, 0.1) is 5.82 Å². The van der Waals surface area contributed by atoms with Gasteiger partial charge in [0.2, 0.25) is 5.75 Å². The number of carbonyl (C=O) groups excluding carboxylic acids is 1. The van der Waals surface area contributed by atoms with E-state index in [1.807, 2.05) is 25.8 Å². The van der Waals surface area contributed by atoms with Crippen LogP contribution in [0.5, 0.6) is 17.2 Å². The Morgan fingerprint density at radius 1 is 1.04 bits per heavy atom. The van der Waals surface area contributed by atoms with Gasteiger partial charge in [0.05, 0.1) is 32.6 Å². The number of benzene rings is 2. The van der Waals surface area contributed by atoms with Crippen molar-refractivity contribution in [3.8, 4) is 17.2 Å². The van der Waals surface area contributed by atoms with E-state index in [4.69, 9.17) is 14.2 Å². The van der Waals surface area contributed by atoms with Crippen LogP contribution < -0.4 is 24.4 Å². The van der Waals surface area contributed by atoms with E-state index in [2.05, 4.69) is 5.32 Å². The molecule has 0 saturated heterocycles. The molecular formula is C20H25FN2O4. The van der Waals surface area contributed by atoms with E-state index in [0.717, 1.165) is 0 Å². The van der Waals surface area contributed by atoms with E-state index in [1.165, 1.54) is 27.4 Å². The Labute approximate surface area is 158 Å². The molecule has 2 aromatic carbocycles. The third-order valence-corrected chi connectivity index (χ3v) is 4.31. The van der Waals surface area contributed by atoms with Crippen LogP contribution in [0.3, 0.4) is 0 Å². The first kappa shape index (κ1) is 20.4. The fourth-order valence-corrected chi connectivity index (χ4v) is 2.63. The molecule has 1 amide bonds. The zero-order valence-corrected chi connectivity index (χ0v) is 16.4. The number of nitrogens with zero attached hydrogens (tertiary/aromatic N) is 1. The molecular weight excluding hydrogens is 351 g/mol. The van der Waals surface area contributed by atoms with Gasteiger partial charge in [0, 0.05) is 18.8 Å². The van der Waals surface area contributed by atoms with E-state index in [1.54, 1.807) is 24.3 Å². The van der Waals surface area contributed by atoms with E-state index in [9.17, 15) is 9.18 Å². The first-order valence-electron chi connectivity index (χ1n) is 8.46. The minimum Gasteiger partial charge on any atom is -0.493 e. The number of anilines is 2. The molecule has 0 spiro atoms. The fourth-order valence-electron chi connectivity index (χ4n) is 2.63. The second-order valence-electron chi connectivity index (χ2n) is 6.21. The highest BCUT2D eigenvalue weighted by Gasteiger charge is 2.21. The summed E-state index contributed by atoms with van der Waals surface area (Å²) < 4.78 is 30.2. The minimum absolute atomic E-state index is 0.149. The molecule has 0 atom stereocenters. The SMILES string of the molecule is COc1ccc(C(=O)Nc2ccc(N(C)C(C)C)c(F)c2)c(OC)c1OC. The quantitative estimate of drug-likeness (QED) is 0.793. The molecule has 0 radical (unpaired) electrons. The molecule has 0 aliphatic heterocycles. The summed E-state index contributed by atoms with van der Waals surface area (Å²) in [5, 5.41) is 2.68. The summed E-state index contributed by atoms with van der Waals surface area (Å²) in [4.78, 5) is 14.5. The summed E-state index contributed by atoms with van der Waals surface area (Å²) in [6, 6.07) is 7.90. The van der Waals surface area contributed by atoms with Crippen LogP contribution in [0.4, 0.5) is 15.8 Å². The van der Waals surface area contributed by atoms with Crippen LogP contribution in [0.15, 0.2) is 30.3 Å². The van der Waals surface area contributed by atoms with Crippen molar-refractivity contribution in [2.75, 3.05) is 38.6 Å². The van der Waals surface area contributed by atoms with E-state index in [-0.39, 0.29) is 17.4 Å². The Morgan fingerprint density at radius 2 is 1.70 bits per heavy atom.